The van der Waals surface area contributed by atoms with E-state index in [1.54, 1.807) is 0 Å². The van der Waals surface area contributed by atoms with Crippen LogP contribution in [0.4, 0.5) is 0 Å². The van der Waals surface area contributed by atoms with E-state index in [9.17, 15) is 0 Å². The molecule has 2 rings (SSSR count). The SMILES string of the molecule is OCCCCCC[C@H]1CCC2CCCN=C2N1. The van der Waals surface area contributed by atoms with Crippen molar-refractivity contribution in [1.29, 1.82) is 0 Å². The zero-order valence-corrected chi connectivity index (χ0v) is 10.8. The van der Waals surface area contributed by atoms with Gasteiger partial charge < -0.3 is 10.4 Å². The third-order valence-electron chi connectivity index (χ3n) is 4.06. The van der Waals surface area contributed by atoms with Gasteiger partial charge in [-0.25, -0.2) is 0 Å². The molecule has 0 bridgehead atoms. The van der Waals surface area contributed by atoms with E-state index in [0.29, 0.717) is 12.6 Å². The lowest BCUT2D eigenvalue weighted by Crippen LogP contribution is -2.45. The van der Waals surface area contributed by atoms with Crippen molar-refractivity contribution in [3.8, 4) is 0 Å². The number of aliphatic imine (C=N–C) groups is 1. The van der Waals surface area contributed by atoms with Gasteiger partial charge in [-0.15, -0.1) is 0 Å². The van der Waals surface area contributed by atoms with Crippen molar-refractivity contribution in [1.82, 2.24) is 5.32 Å². The summed E-state index contributed by atoms with van der Waals surface area (Å²) in [6, 6.07) is 0.664. The standard InChI is InChI=1S/C14H26N2O/c17-11-4-2-1-3-7-13-9-8-12-6-5-10-15-14(12)16-13/h12-13,17H,1-11H2,(H,15,16)/t12?,13-/m0/s1. The highest BCUT2D eigenvalue weighted by Gasteiger charge is 2.26. The number of hydrogen-bond donors (Lipinski definition) is 2. The summed E-state index contributed by atoms with van der Waals surface area (Å²) in [4.78, 5) is 4.63. The second-order valence-corrected chi connectivity index (χ2v) is 5.45. The van der Waals surface area contributed by atoms with Gasteiger partial charge in [0.15, 0.2) is 0 Å². The Labute approximate surface area is 105 Å². The third kappa shape index (κ3) is 3.98. The molecule has 1 saturated heterocycles. The lowest BCUT2D eigenvalue weighted by atomic mass is 9.86. The van der Waals surface area contributed by atoms with E-state index in [4.69, 9.17) is 5.11 Å². The molecule has 2 N–H and O–H groups in total. The molecule has 2 aliphatic rings. The molecule has 98 valence electrons. The van der Waals surface area contributed by atoms with Crippen LogP contribution >= 0.6 is 0 Å². The van der Waals surface area contributed by atoms with E-state index in [0.717, 1.165) is 18.9 Å². The molecule has 0 aromatic heterocycles. The third-order valence-corrected chi connectivity index (χ3v) is 4.06. The van der Waals surface area contributed by atoms with E-state index in [-0.39, 0.29) is 0 Å². The van der Waals surface area contributed by atoms with Crippen LogP contribution in [0, 0.1) is 5.92 Å². The van der Waals surface area contributed by atoms with Crippen LogP contribution in [0.25, 0.3) is 0 Å². The van der Waals surface area contributed by atoms with E-state index in [2.05, 4.69) is 10.3 Å². The van der Waals surface area contributed by atoms with Gasteiger partial charge in [0, 0.05) is 25.1 Å². The van der Waals surface area contributed by atoms with Crippen LogP contribution in [0.2, 0.25) is 0 Å². The number of nitrogens with one attached hydrogen (secondary N) is 1. The number of hydrogen-bond acceptors (Lipinski definition) is 3. The second-order valence-electron chi connectivity index (χ2n) is 5.45. The summed E-state index contributed by atoms with van der Waals surface area (Å²) in [7, 11) is 0. The van der Waals surface area contributed by atoms with Gasteiger partial charge in [-0.2, -0.15) is 0 Å². The van der Waals surface area contributed by atoms with Crippen molar-refractivity contribution in [2.24, 2.45) is 10.9 Å². The van der Waals surface area contributed by atoms with Gasteiger partial charge in [-0.1, -0.05) is 19.3 Å². The van der Waals surface area contributed by atoms with Crippen molar-refractivity contribution in [2.75, 3.05) is 13.2 Å². The van der Waals surface area contributed by atoms with Crippen molar-refractivity contribution < 1.29 is 5.11 Å². The molecule has 1 unspecified atom stereocenters. The highest BCUT2D eigenvalue weighted by Crippen LogP contribution is 2.26. The van der Waals surface area contributed by atoms with Crippen LogP contribution in [0.3, 0.4) is 0 Å². The fourth-order valence-corrected chi connectivity index (χ4v) is 3.00. The second kappa shape index (κ2) is 7.00. The van der Waals surface area contributed by atoms with Crippen molar-refractivity contribution >= 4 is 5.84 Å². The Balaban J connectivity index is 1.64. The van der Waals surface area contributed by atoms with Crippen molar-refractivity contribution in [2.45, 2.75) is 63.8 Å². The number of nitrogens with zero attached hydrogens (tertiary/aromatic N) is 1. The predicted molar refractivity (Wildman–Crippen MR) is 71.4 cm³/mol. The molecular weight excluding hydrogens is 212 g/mol. The first kappa shape index (κ1) is 12.9. The van der Waals surface area contributed by atoms with Gasteiger partial charge in [0.25, 0.3) is 0 Å². The van der Waals surface area contributed by atoms with Crippen LogP contribution in [-0.4, -0.2) is 30.1 Å². The van der Waals surface area contributed by atoms with Crippen LogP contribution in [0.15, 0.2) is 4.99 Å². The molecule has 2 heterocycles. The molecular formula is C14H26N2O. The average Bonchev–Trinajstić information content (AvgIpc) is 2.38. The number of aliphatic hydroxyl groups is 1. The molecule has 3 nitrogen and oxygen atoms in total. The lowest BCUT2D eigenvalue weighted by molar-refractivity contribution is 0.281. The quantitative estimate of drug-likeness (QED) is 0.698. The Hall–Kier alpha value is -0.570. The number of unbranched alkanes of at least 4 members (excludes halogenated alkanes) is 3. The topological polar surface area (TPSA) is 44.6 Å². The van der Waals surface area contributed by atoms with Gasteiger partial charge in [-0.3, -0.25) is 4.99 Å². The maximum atomic E-state index is 8.72. The summed E-state index contributed by atoms with van der Waals surface area (Å²) in [5.74, 6) is 2.05. The summed E-state index contributed by atoms with van der Waals surface area (Å²) in [6.07, 6.45) is 11.2. The molecule has 0 saturated carbocycles. The van der Waals surface area contributed by atoms with Crippen LogP contribution < -0.4 is 5.32 Å². The molecule has 0 aromatic carbocycles. The Bertz CT molecular complexity index is 253. The minimum absolute atomic E-state index is 0.347. The first-order valence-corrected chi connectivity index (χ1v) is 7.32. The highest BCUT2D eigenvalue weighted by atomic mass is 16.2. The Morgan fingerprint density at radius 2 is 2.00 bits per heavy atom. The number of fused-ring (bicyclic) bond motifs is 1. The predicted octanol–water partition coefficient (Wildman–Crippen LogP) is 2.49. The van der Waals surface area contributed by atoms with E-state index < -0.39 is 0 Å². The summed E-state index contributed by atoms with van der Waals surface area (Å²) in [5.41, 5.74) is 0. The van der Waals surface area contributed by atoms with Gasteiger partial charge in [0.05, 0.1) is 5.84 Å². The molecule has 2 aliphatic heterocycles. The molecule has 0 spiro atoms. The van der Waals surface area contributed by atoms with Crippen LogP contribution in [0.1, 0.15) is 57.8 Å². The summed E-state index contributed by atoms with van der Waals surface area (Å²) in [5, 5.41) is 12.4. The summed E-state index contributed by atoms with van der Waals surface area (Å²) in [6.45, 7) is 1.38. The lowest BCUT2D eigenvalue weighted by Gasteiger charge is -2.34. The van der Waals surface area contributed by atoms with Crippen molar-refractivity contribution in [3.63, 3.8) is 0 Å². The largest absolute Gasteiger partial charge is 0.396 e. The molecule has 0 aliphatic carbocycles. The first-order valence-electron chi connectivity index (χ1n) is 7.32. The van der Waals surface area contributed by atoms with Crippen LogP contribution in [0.5, 0.6) is 0 Å². The van der Waals surface area contributed by atoms with Gasteiger partial charge >= 0.3 is 0 Å². The Morgan fingerprint density at radius 1 is 1.12 bits per heavy atom. The fourth-order valence-electron chi connectivity index (χ4n) is 3.00. The van der Waals surface area contributed by atoms with Gasteiger partial charge in [0.2, 0.25) is 0 Å². The minimum atomic E-state index is 0.347. The molecule has 17 heavy (non-hydrogen) atoms. The van der Waals surface area contributed by atoms with Gasteiger partial charge in [0.1, 0.15) is 0 Å². The molecule has 1 fully saturated rings. The molecule has 3 heteroatoms. The normalized spacial score (nSPS) is 28.2. The molecule has 0 aromatic rings. The Morgan fingerprint density at radius 3 is 2.88 bits per heavy atom. The Kier molecular flexibility index (Phi) is 5.30. The number of aliphatic hydroxyl groups excluding tert-OH is 1. The molecule has 0 amide bonds. The minimum Gasteiger partial charge on any atom is -0.396 e. The number of rotatable bonds is 6. The monoisotopic (exact) mass is 238 g/mol. The summed E-state index contributed by atoms with van der Waals surface area (Å²) < 4.78 is 0. The smallest absolute Gasteiger partial charge is 0.0996 e. The van der Waals surface area contributed by atoms with Crippen molar-refractivity contribution in [3.05, 3.63) is 0 Å². The molecule has 0 radical (unpaired) electrons. The number of piperidine rings is 1. The zero-order valence-electron chi connectivity index (χ0n) is 10.8. The van der Waals surface area contributed by atoms with Crippen LogP contribution in [-0.2, 0) is 0 Å². The van der Waals surface area contributed by atoms with E-state index in [1.807, 2.05) is 0 Å². The maximum Gasteiger partial charge on any atom is 0.0996 e. The number of amidine groups is 1. The fraction of sp³-hybridized carbons (Fsp3) is 0.929. The van der Waals surface area contributed by atoms with E-state index in [1.165, 1.54) is 57.2 Å². The molecule has 2 atom stereocenters. The first-order chi connectivity index (χ1) is 8.40. The van der Waals surface area contributed by atoms with E-state index >= 15 is 0 Å². The van der Waals surface area contributed by atoms with Gasteiger partial charge in [-0.05, 0) is 38.5 Å². The highest BCUT2D eigenvalue weighted by molar-refractivity contribution is 5.86. The average molecular weight is 238 g/mol. The zero-order chi connectivity index (χ0) is 11.9. The maximum absolute atomic E-state index is 8.72. The summed E-state index contributed by atoms with van der Waals surface area (Å²) >= 11 is 0.